The number of fused-ring (bicyclic) bond motifs is 1. The highest BCUT2D eigenvalue weighted by atomic mass is 127. The van der Waals surface area contributed by atoms with E-state index >= 15 is 0 Å². The Morgan fingerprint density at radius 2 is 1.76 bits per heavy atom. The number of nitrogens with one attached hydrogen (secondary N) is 1. The second kappa shape index (κ2) is 9.28. The van der Waals surface area contributed by atoms with Gasteiger partial charge in [-0.2, -0.15) is 0 Å². The zero-order valence-corrected chi connectivity index (χ0v) is 20.2. The fourth-order valence-corrected chi connectivity index (χ4v) is 4.45. The van der Waals surface area contributed by atoms with Gasteiger partial charge in [-0.3, -0.25) is 9.59 Å². The molecule has 2 unspecified atom stereocenters. The molecular formula is C23H14Cl2FIN2O4. The quantitative estimate of drug-likeness (QED) is 0.377. The predicted molar refractivity (Wildman–Crippen MR) is 130 cm³/mol. The molecule has 0 saturated heterocycles. The normalized spacial score (nSPS) is 16.6. The smallest absolute Gasteiger partial charge is 0.331 e. The van der Waals surface area contributed by atoms with Crippen molar-refractivity contribution >= 4 is 69.3 Å². The summed E-state index contributed by atoms with van der Waals surface area (Å²) in [5.74, 6) is -3.56. The summed E-state index contributed by atoms with van der Waals surface area (Å²) in [6.07, 6.45) is 0. The van der Waals surface area contributed by atoms with Crippen LogP contribution in [0.25, 0.3) is 0 Å². The van der Waals surface area contributed by atoms with E-state index in [-0.39, 0.29) is 27.4 Å². The lowest BCUT2D eigenvalue weighted by molar-refractivity contribution is -0.144. The Hall–Kier alpha value is -2.69. The lowest BCUT2D eigenvalue weighted by Gasteiger charge is -2.34. The molecule has 0 saturated carbocycles. The number of carbonyl (C=O) groups is 3. The summed E-state index contributed by atoms with van der Waals surface area (Å²) in [6.45, 7) is 0. The molecule has 1 aliphatic rings. The van der Waals surface area contributed by atoms with Crippen molar-refractivity contribution in [2.45, 2.75) is 12.1 Å². The molecule has 0 aliphatic carbocycles. The van der Waals surface area contributed by atoms with Crippen LogP contribution in [0.1, 0.15) is 33.6 Å². The van der Waals surface area contributed by atoms with Crippen molar-refractivity contribution in [3.8, 4) is 0 Å². The lowest BCUT2D eigenvalue weighted by Crippen LogP contribution is -2.44. The summed E-state index contributed by atoms with van der Waals surface area (Å²) in [7, 11) is 0. The highest BCUT2D eigenvalue weighted by Gasteiger charge is 2.44. The molecule has 10 heteroatoms. The second-order valence-corrected chi connectivity index (χ2v) is 9.35. The van der Waals surface area contributed by atoms with Crippen molar-refractivity contribution in [1.29, 1.82) is 0 Å². The molecular weight excluding hydrogens is 585 g/mol. The summed E-state index contributed by atoms with van der Waals surface area (Å²) >= 11 is 13.8. The third-order valence-electron chi connectivity index (χ3n) is 5.19. The third kappa shape index (κ3) is 4.55. The van der Waals surface area contributed by atoms with E-state index in [0.717, 1.165) is 11.0 Å². The maximum atomic E-state index is 14.3. The molecule has 2 atom stereocenters. The number of aliphatic carboxylic acids is 1. The zero-order chi connectivity index (χ0) is 23.9. The van der Waals surface area contributed by atoms with Crippen LogP contribution in [-0.4, -0.2) is 27.8 Å². The number of amides is 2. The third-order valence-corrected chi connectivity index (χ3v) is 6.42. The van der Waals surface area contributed by atoms with Gasteiger partial charge in [-0.05, 0) is 76.2 Å². The molecule has 0 radical (unpaired) electrons. The van der Waals surface area contributed by atoms with Crippen LogP contribution in [0.15, 0.2) is 60.7 Å². The number of hydrogen-bond acceptors (Lipinski definition) is 3. The minimum absolute atomic E-state index is 0.0745. The van der Waals surface area contributed by atoms with E-state index in [4.69, 9.17) is 23.2 Å². The van der Waals surface area contributed by atoms with Crippen molar-refractivity contribution in [2.24, 2.45) is 0 Å². The molecule has 0 fully saturated rings. The summed E-state index contributed by atoms with van der Waals surface area (Å²) < 4.78 is 15.0. The first kappa shape index (κ1) is 23.5. The molecule has 0 spiro atoms. The standard InChI is InChI=1S/C23H14Cl2FIN2O4/c24-13-4-1-11(2-5-13)20(23(32)33)29-19(12-3-7-16(25)17(26)9-12)21(30)28-18-8-6-14(27)10-15(18)22(29)31/h1-10,19-20H,(H,28,30)(H,32,33). The van der Waals surface area contributed by atoms with Crippen LogP contribution < -0.4 is 5.32 Å². The van der Waals surface area contributed by atoms with E-state index in [1.54, 1.807) is 18.2 Å². The van der Waals surface area contributed by atoms with Gasteiger partial charge in [-0.25, -0.2) is 9.18 Å². The Balaban J connectivity index is 1.97. The Kier molecular flexibility index (Phi) is 6.60. The van der Waals surface area contributed by atoms with Crippen LogP contribution in [0.4, 0.5) is 10.1 Å². The van der Waals surface area contributed by atoms with Gasteiger partial charge in [0.15, 0.2) is 6.04 Å². The molecule has 4 rings (SSSR count). The average Bonchev–Trinajstić information content (AvgIpc) is 2.86. The zero-order valence-electron chi connectivity index (χ0n) is 16.6. The van der Waals surface area contributed by atoms with Gasteiger partial charge in [0, 0.05) is 8.59 Å². The number of benzene rings is 3. The van der Waals surface area contributed by atoms with Gasteiger partial charge in [0.2, 0.25) is 0 Å². The number of nitrogens with zero attached hydrogens (tertiary/aromatic N) is 1. The van der Waals surface area contributed by atoms with Gasteiger partial charge in [-0.1, -0.05) is 41.4 Å². The minimum Gasteiger partial charge on any atom is -0.479 e. The molecule has 33 heavy (non-hydrogen) atoms. The summed E-state index contributed by atoms with van der Waals surface area (Å²) in [5.41, 5.74) is 0.645. The second-order valence-electron chi connectivity index (χ2n) is 7.26. The van der Waals surface area contributed by atoms with Crippen LogP contribution >= 0.6 is 45.8 Å². The van der Waals surface area contributed by atoms with Crippen molar-refractivity contribution in [2.75, 3.05) is 5.32 Å². The summed E-state index contributed by atoms with van der Waals surface area (Å²) in [5, 5.41) is 13.0. The molecule has 2 amide bonds. The van der Waals surface area contributed by atoms with Gasteiger partial charge in [-0.15, -0.1) is 0 Å². The molecule has 1 heterocycles. The Morgan fingerprint density at radius 3 is 2.39 bits per heavy atom. The number of carboxylic acid groups (broad SMARTS) is 1. The fraction of sp³-hybridized carbons (Fsp3) is 0.0870. The highest BCUT2D eigenvalue weighted by molar-refractivity contribution is 14.1. The van der Waals surface area contributed by atoms with E-state index in [1.165, 1.54) is 36.4 Å². The van der Waals surface area contributed by atoms with E-state index in [9.17, 15) is 23.9 Å². The van der Waals surface area contributed by atoms with Gasteiger partial charge < -0.3 is 15.3 Å². The Morgan fingerprint density at radius 1 is 1.06 bits per heavy atom. The molecule has 3 aromatic carbocycles. The van der Waals surface area contributed by atoms with Crippen LogP contribution in [0.2, 0.25) is 10.0 Å². The van der Waals surface area contributed by atoms with E-state index in [2.05, 4.69) is 5.32 Å². The van der Waals surface area contributed by atoms with Crippen LogP contribution in [0.5, 0.6) is 0 Å². The Bertz CT molecular complexity index is 1290. The molecule has 3 aromatic rings. The summed E-state index contributed by atoms with van der Waals surface area (Å²) in [6, 6.07) is 11.4. The maximum Gasteiger partial charge on any atom is 0.331 e. The SMILES string of the molecule is O=C(O)C(c1ccc(Cl)cc1)N1C(=O)c2cc(I)ccc2NC(=O)C1c1ccc(Cl)c(F)c1. The monoisotopic (exact) mass is 598 g/mol. The van der Waals surface area contributed by atoms with E-state index in [1.807, 2.05) is 22.6 Å². The lowest BCUT2D eigenvalue weighted by atomic mass is 9.97. The van der Waals surface area contributed by atoms with Gasteiger partial charge in [0.05, 0.1) is 16.3 Å². The number of hydrogen-bond donors (Lipinski definition) is 2. The molecule has 1 aliphatic heterocycles. The highest BCUT2D eigenvalue weighted by Crippen LogP contribution is 2.39. The number of anilines is 1. The number of rotatable bonds is 4. The van der Waals surface area contributed by atoms with E-state index in [0.29, 0.717) is 8.59 Å². The predicted octanol–water partition coefficient (Wildman–Crippen LogP) is 5.70. The first-order valence-electron chi connectivity index (χ1n) is 9.53. The van der Waals surface area contributed by atoms with Crippen molar-refractivity contribution in [3.63, 3.8) is 0 Å². The number of carbonyl (C=O) groups excluding carboxylic acids is 2. The molecule has 2 N–H and O–H groups in total. The Labute approximate surface area is 211 Å². The molecule has 0 aromatic heterocycles. The molecule has 0 bridgehead atoms. The minimum atomic E-state index is -1.56. The molecule has 6 nitrogen and oxygen atoms in total. The van der Waals surface area contributed by atoms with Gasteiger partial charge >= 0.3 is 5.97 Å². The van der Waals surface area contributed by atoms with Crippen molar-refractivity contribution in [3.05, 3.63) is 96.8 Å². The van der Waals surface area contributed by atoms with Crippen molar-refractivity contribution in [1.82, 2.24) is 4.90 Å². The van der Waals surface area contributed by atoms with Crippen LogP contribution in [0, 0.1) is 9.39 Å². The van der Waals surface area contributed by atoms with Gasteiger partial charge in [0.25, 0.3) is 11.8 Å². The number of halogens is 4. The molecule has 168 valence electrons. The van der Waals surface area contributed by atoms with Crippen molar-refractivity contribution < 1.29 is 23.9 Å². The first-order chi connectivity index (χ1) is 15.7. The number of carboxylic acids is 1. The van der Waals surface area contributed by atoms with E-state index < -0.39 is 35.7 Å². The summed E-state index contributed by atoms with van der Waals surface area (Å²) in [4.78, 5) is 40.5. The topological polar surface area (TPSA) is 86.7 Å². The first-order valence-corrected chi connectivity index (χ1v) is 11.4. The van der Waals surface area contributed by atoms with Crippen LogP contribution in [-0.2, 0) is 9.59 Å². The maximum absolute atomic E-state index is 14.3. The largest absolute Gasteiger partial charge is 0.479 e. The average molecular weight is 599 g/mol. The van der Waals surface area contributed by atoms with Crippen LogP contribution in [0.3, 0.4) is 0 Å². The van der Waals surface area contributed by atoms with Gasteiger partial charge in [0.1, 0.15) is 11.9 Å². The fourth-order valence-electron chi connectivity index (χ4n) is 3.71.